The summed E-state index contributed by atoms with van der Waals surface area (Å²) in [5.74, 6) is -0.828. The molecule has 9 nitrogen and oxygen atoms in total. The number of rotatable bonds is 50. The summed E-state index contributed by atoms with van der Waals surface area (Å²) in [4.78, 5) is 34.7. The number of allylic oxidation sites excluding steroid dienone is 8. The maximum atomic E-state index is 12.6. The zero-order chi connectivity index (χ0) is 46.7. The quantitative estimate of drug-likeness (QED) is 0.0265. The van der Waals surface area contributed by atoms with Crippen molar-refractivity contribution in [2.45, 2.75) is 258 Å². The van der Waals surface area contributed by atoms with E-state index in [1.165, 1.54) is 154 Å². The molecule has 0 aromatic heterocycles. The molecule has 0 aliphatic rings. The highest BCUT2D eigenvalue weighted by Crippen LogP contribution is 2.43. The van der Waals surface area contributed by atoms with Crippen molar-refractivity contribution >= 4 is 19.8 Å². The van der Waals surface area contributed by atoms with Crippen LogP contribution in [0.4, 0.5) is 0 Å². The van der Waals surface area contributed by atoms with Crippen molar-refractivity contribution in [3.63, 3.8) is 0 Å². The van der Waals surface area contributed by atoms with Crippen molar-refractivity contribution < 1.29 is 37.6 Å². The second-order valence-corrected chi connectivity index (χ2v) is 19.2. The van der Waals surface area contributed by atoms with Gasteiger partial charge in [-0.05, 0) is 51.4 Å². The van der Waals surface area contributed by atoms with E-state index in [4.69, 9.17) is 24.3 Å². The Balaban J connectivity index is 3.67. The van der Waals surface area contributed by atoms with Gasteiger partial charge in [0, 0.05) is 19.4 Å². The summed E-state index contributed by atoms with van der Waals surface area (Å²) in [5.41, 5.74) is 5.34. The SMILES string of the molecule is CC/C=C\C/C=C\C/C=C\C/C=C\CCCCCCCCCCCCCCCCCCCCCCCCCCC(=O)OC(COC(=O)CCCCCCCC)COP(=O)(O)OCCN. The topological polar surface area (TPSA) is 134 Å². The molecule has 2 unspecified atom stereocenters. The third kappa shape index (κ3) is 49.4. The Labute approximate surface area is 394 Å². The Bertz CT molecular complexity index is 1190. The average Bonchev–Trinajstić information content (AvgIpc) is 3.28. The van der Waals surface area contributed by atoms with Crippen LogP contribution < -0.4 is 5.73 Å². The van der Waals surface area contributed by atoms with Crippen LogP contribution >= 0.6 is 7.82 Å². The molecule has 0 aromatic rings. The first-order chi connectivity index (χ1) is 31.3. The fraction of sp³-hybridized carbons (Fsp3) is 0.815. The first kappa shape index (κ1) is 62.0. The van der Waals surface area contributed by atoms with E-state index >= 15 is 0 Å². The van der Waals surface area contributed by atoms with Gasteiger partial charge >= 0.3 is 19.8 Å². The second kappa shape index (κ2) is 50.4. The number of phosphoric ester groups is 1. The van der Waals surface area contributed by atoms with Crippen LogP contribution in [0.15, 0.2) is 48.6 Å². The van der Waals surface area contributed by atoms with Crippen molar-refractivity contribution in [2.75, 3.05) is 26.4 Å². The molecule has 0 spiro atoms. The molecule has 0 aliphatic carbocycles. The molecular formula is C54H100NO8P. The highest BCUT2D eigenvalue weighted by molar-refractivity contribution is 7.47. The maximum absolute atomic E-state index is 12.6. The molecule has 0 amide bonds. The summed E-state index contributed by atoms with van der Waals surface area (Å²) < 4.78 is 32.7. The predicted octanol–water partition coefficient (Wildman–Crippen LogP) is 16.2. The van der Waals surface area contributed by atoms with Crippen molar-refractivity contribution in [3.8, 4) is 0 Å². The minimum absolute atomic E-state index is 0.0553. The van der Waals surface area contributed by atoms with Crippen molar-refractivity contribution in [2.24, 2.45) is 5.73 Å². The molecule has 0 saturated heterocycles. The standard InChI is InChI=1S/C54H100NO8P/c1-3-5-7-9-11-12-13-14-15-16-17-18-19-20-21-22-23-24-25-26-27-28-29-30-31-32-33-34-35-36-37-38-39-40-41-43-45-47-54(57)63-52(51-62-64(58,59)61-49-48-55)50-60-53(56)46-44-42-10-8-6-4-2/h5,7,11-12,14-15,17-18,52H,3-4,6,8-10,13,16,19-51,55H2,1-2H3,(H,58,59)/b7-5-,12-11-,15-14-,18-17-. The fourth-order valence-electron chi connectivity index (χ4n) is 7.57. The summed E-state index contributed by atoms with van der Waals surface area (Å²) >= 11 is 0. The van der Waals surface area contributed by atoms with Crippen LogP contribution in [0.5, 0.6) is 0 Å². The molecule has 10 heteroatoms. The molecule has 0 heterocycles. The van der Waals surface area contributed by atoms with Crippen LogP contribution in [0, 0.1) is 0 Å². The van der Waals surface area contributed by atoms with Crippen LogP contribution in [0.3, 0.4) is 0 Å². The van der Waals surface area contributed by atoms with Gasteiger partial charge in [0.25, 0.3) is 0 Å². The van der Waals surface area contributed by atoms with Crippen molar-refractivity contribution in [3.05, 3.63) is 48.6 Å². The summed E-state index contributed by atoms with van der Waals surface area (Å²) in [5, 5.41) is 0. The molecule has 374 valence electrons. The van der Waals surface area contributed by atoms with E-state index < -0.39 is 26.5 Å². The number of phosphoric acid groups is 1. The first-order valence-electron chi connectivity index (χ1n) is 26.6. The Kier molecular flexibility index (Phi) is 48.8. The van der Waals surface area contributed by atoms with Gasteiger partial charge in [0.1, 0.15) is 6.61 Å². The normalized spacial score (nSPS) is 13.5. The summed E-state index contributed by atoms with van der Waals surface area (Å²) in [6, 6.07) is 0. The van der Waals surface area contributed by atoms with Crippen LogP contribution in [-0.2, 0) is 32.7 Å². The third-order valence-corrected chi connectivity index (χ3v) is 12.5. The van der Waals surface area contributed by atoms with E-state index in [-0.39, 0.29) is 38.6 Å². The molecule has 2 atom stereocenters. The number of esters is 2. The van der Waals surface area contributed by atoms with Crippen LogP contribution in [0.25, 0.3) is 0 Å². The Morgan fingerprint density at radius 1 is 0.484 bits per heavy atom. The van der Waals surface area contributed by atoms with Gasteiger partial charge in [-0.1, -0.05) is 236 Å². The van der Waals surface area contributed by atoms with Gasteiger partial charge in [-0.3, -0.25) is 18.6 Å². The number of carbonyl (C=O) groups excluding carboxylic acids is 2. The number of ether oxygens (including phenoxy) is 2. The molecule has 0 aromatic carbocycles. The third-order valence-electron chi connectivity index (χ3n) is 11.5. The van der Waals surface area contributed by atoms with Gasteiger partial charge in [0.15, 0.2) is 6.10 Å². The van der Waals surface area contributed by atoms with E-state index in [1.807, 2.05) is 0 Å². The summed E-state index contributed by atoms with van der Waals surface area (Å²) in [6.07, 6.45) is 60.9. The molecule has 0 bridgehead atoms. The van der Waals surface area contributed by atoms with Crippen LogP contribution in [0.1, 0.15) is 251 Å². The van der Waals surface area contributed by atoms with Gasteiger partial charge in [0.2, 0.25) is 0 Å². The summed E-state index contributed by atoms with van der Waals surface area (Å²) in [7, 11) is -4.37. The number of carbonyl (C=O) groups is 2. The van der Waals surface area contributed by atoms with E-state index in [1.54, 1.807) is 0 Å². The minimum Gasteiger partial charge on any atom is -0.462 e. The van der Waals surface area contributed by atoms with Gasteiger partial charge in [-0.15, -0.1) is 0 Å². The number of nitrogens with two attached hydrogens (primary N) is 1. The van der Waals surface area contributed by atoms with Gasteiger partial charge in [-0.2, -0.15) is 0 Å². The lowest BCUT2D eigenvalue weighted by molar-refractivity contribution is -0.161. The highest BCUT2D eigenvalue weighted by atomic mass is 31.2. The smallest absolute Gasteiger partial charge is 0.462 e. The zero-order valence-corrected chi connectivity index (χ0v) is 42.4. The molecular weight excluding hydrogens is 822 g/mol. The van der Waals surface area contributed by atoms with Gasteiger partial charge in [-0.25, -0.2) is 4.57 Å². The molecule has 0 radical (unpaired) electrons. The van der Waals surface area contributed by atoms with E-state index in [0.717, 1.165) is 64.2 Å². The lowest BCUT2D eigenvalue weighted by atomic mass is 10.0. The van der Waals surface area contributed by atoms with Crippen LogP contribution in [0.2, 0.25) is 0 Å². The van der Waals surface area contributed by atoms with E-state index in [2.05, 4.69) is 62.5 Å². The molecule has 0 fully saturated rings. The monoisotopic (exact) mass is 922 g/mol. The number of hydrogen-bond acceptors (Lipinski definition) is 8. The molecule has 3 N–H and O–H groups in total. The Morgan fingerprint density at radius 3 is 1.28 bits per heavy atom. The lowest BCUT2D eigenvalue weighted by Gasteiger charge is -2.19. The second-order valence-electron chi connectivity index (χ2n) is 17.7. The average molecular weight is 922 g/mol. The van der Waals surface area contributed by atoms with Crippen LogP contribution in [-0.4, -0.2) is 49.3 Å². The molecule has 0 saturated carbocycles. The number of unbranched alkanes of at least 4 members (excludes halogenated alkanes) is 29. The fourth-order valence-corrected chi connectivity index (χ4v) is 8.33. The molecule has 64 heavy (non-hydrogen) atoms. The van der Waals surface area contributed by atoms with E-state index in [9.17, 15) is 19.0 Å². The maximum Gasteiger partial charge on any atom is 0.472 e. The number of hydrogen-bond donors (Lipinski definition) is 2. The van der Waals surface area contributed by atoms with E-state index in [0.29, 0.717) is 6.42 Å². The Morgan fingerprint density at radius 2 is 0.859 bits per heavy atom. The first-order valence-corrected chi connectivity index (χ1v) is 28.1. The Hall–Kier alpha value is -2.03. The van der Waals surface area contributed by atoms with Gasteiger partial charge < -0.3 is 20.1 Å². The van der Waals surface area contributed by atoms with Gasteiger partial charge in [0.05, 0.1) is 13.2 Å². The van der Waals surface area contributed by atoms with Crippen molar-refractivity contribution in [1.82, 2.24) is 0 Å². The molecule has 0 aliphatic heterocycles. The molecule has 0 rings (SSSR count). The predicted molar refractivity (Wildman–Crippen MR) is 270 cm³/mol. The lowest BCUT2D eigenvalue weighted by Crippen LogP contribution is -2.29. The van der Waals surface area contributed by atoms with Crippen molar-refractivity contribution in [1.29, 1.82) is 0 Å². The minimum atomic E-state index is -4.37. The summed E-state index contributed by atoms with van der Waals surface area (Å²) in [6.45, 7) is 3.57. The highest BCUT2D eigenvalue weighted by Gasteiger charge is 2.26. The zero-order valence-electron chi connectivity index (χ0n) is 41.5. The largest absolute Gasteiger partial charge is 0.472 e.